The quantitative estimate of drug-likeness (QED) is 0.410. The number of benzene rings is 1. The number of aliphatic hydroxyl groups excluding tert-OH is 1. The highest BCUT2D eigenvalue weighted by molar-refractivity contribution is 8.02. The molecule has 0 saturated carbocycles. The Kier molecular flexibility index (Phi) is 7.67. The number of likely N-dealkylation sites (tertiary alicyclic amines) is 1. The van der Waals surface area contributed by atoms with Gasteiger partial charge in [-0.1, -0.05) is 61.9 Å². The first-order chi connectivity index (χ1) is 19.9. The van der Waals surface area contributed by atoms with E-state index in [0.29, 0.717) is 13.2 Å². The standard InChI is InChI=1S/C30H37N5O5S/c1-3-19(2)22(17-36)35-26-28(38)33(18-34-21-12-8-7-11-20(21)31-32-34)15-10-14-30(26)25(27(35)37)24-23(41-30)13-6-4-5-9-16-40-29(24)39/h6-8,10-14,19,22-26,36H,3-5,9,15-18H2,1-2H3/b13-6-/t19-,22-,23-,24+,25-,26?,30-/m0/s1. The van der Waals surface area contributed by atoms with Gasteiger partial charge in [0.1, 0.15) is 18.2 Å². The van der Waals surface area contributed by atoms with Crippen molar-refractivity contribution in [3.63, 3.8) is 0 Å². The molecule has 1 spiro atoms. The minimum atomic E-state index is -0.971. The van der Waals surface area contributed by atoms with Crippen LogP contribution in [0.2, 0.25) is 0 Å². The lowest BCUT2D eigenvalue weighted by atomic mass is 9.78. The van der Waals surface area contributed by atoms with Crippen LogP contribution in [-0.2, 0) is 25.8 Å². The van der Waals surface area contributed by atoms with Gasteiger partial charge in [0.2, 0.25) is 11.8 Å². The molecule has 4 aliphatic heterocycles. The maximum atomic E-state index is 14.6. The van der Waals surface area contributed by atoms with Gasteiger partial charge in [0.15, 0.2) is 0 Å². The van der Waals surface area contributed by atoms with Crippen LogP contribution in [0.15, 0.2) is 48.6 Å². The third kappa shape index (κ3) is 4.57. The number of thioether (sulfide) groups is 1. The fraction of sp³-hybridized carbons (Fsp3) is 0.567. The number of carbonyl (C=O) groups excluding carboxylic acids is 3. The molecule has 0 aliphatic carbocycles. The summed E-state index contributed by atoms with van der Waals surface area (Å²) in [5.74, 6) is -2.41. The Morgan fingerprint density at radius 2 is 2.00 bits per heavy atom. The van der Waals surface area contributed by atoms with E-state index < -0.39 is 28.7 Å². The van der Waals surface area contributed by atoms with E-state index >= 15 is 0 Å². The largest absolute Gasteiger partial charge is 0.465 e. The van der Waals surface area contributed by atoms with E-state index in [0.717, 1.165) is 36.7 Å². The van der Waals surface area contributed by atoms with Crippen LogP contribution >= 0.6 is 11.8 Å². The van der Waals surface area contributed by atoms with Gasteiger partial charge in [0, 0.05) is 11.8 Å². The number of nitrogens with zero attached hydrogens (tertiary/aromatic N) is 5. The van der Waals surface area contributed by atoms with Gasteiger partial charge in [0.05, 0.1) is 41.4 Å². The van der Waals surface area contributed by atoms with Gasteiger partial charge in [-0.2, -0.15) is 0 Å². The van der Waals surface area contributed by atoms with Gasteiger partial charge < -0.3 is 19.6 Å². The Labute approximate surface area is 243 Å². The van der Waals surface area contributed by atoms with Crippen molar-refractivity contribution in [2.24, 2.45) is 17.8 Å². The summed E-state index contributed by atoms with van der Waals surface area (Å²) in [4.78, 5) is 46.0. The number of aromatic nitrogens is 3. The van der Waals surface area contributed by atoms with Crippen molar-refractivity contribution in [1.82, 2.24) is 24.8 Å². The highest BCUT2D eigenvalue weighted by atomic mass is 32.2. The summed E-state index contributed by atoms with van der Waals surface area (Å²) in [5.41, 5.74) is 1.54. The van der Waals surface area contributed by atoms with E-state index in [1.165, 1.54) is 11.8 Å². The summed E-state index contributed by atoms with van der Waals surface area (Å²) >= 11 is 1.52. The average Bonchev–Trinajstić information content (AvgIpc) is 3.57. The van der Waals surface area contributed by atoms with Crippen LogP contribution in [0.5, 0.6) is 0 Å². The first-order valence-corrected chi connectivity index (χ1v) is 15.5. The van der Waals surface area contributed by atoms with E-state index in [1.807, 2.05) is 56.3 Å². The van der Waals surface area contributed by atoms with Gasteiger partial charge >= 0.3 is 5.97 Å². The number of esters is 1. The summed E-state index contributed by atoms with van der Waals surface area (Å²) in [5, 5.41) is 18.8. The average molecular weight is 580 g/mol. The first kappa shape index (κ1) is 28.0. The normalized spacial score (nSPS) is 32.2. The number of allylic oxidation sites excluding steroid dienone is 1. The van der Waals surface area contributed by atoms with Crippen LogP contribution in [0.25, 0.3) is 11.0 Å². The van der Waals surface area contributed by atoms with Gasteiger partial charge in [-0.3, -0.25) is 14.4 Å². The van der Waals surface area contributed by atoms with Gasteiger partial charge in [-0.25, -0.2) is 4.68 Å². The lowest BCUT2D eigenvalue weighted by molar-refractivity contribution is -0.154. The van der Waals surface area contributed by atoms with Crippen LogP contribution in [0.3, 0.4) is 0 Å². The Balaban J connectivity index is 1.44. The van der Waals surface area contributed by atoms with E-state index in [-0.39, 0.29) is 42.2 Å². The molecule has 41 heavy (non-hydrogen) atoms. The monoisotopic (exact) mass is 579 g/mol. The van der Waals surface area contributed by atoms with Crippen molar-refractivity contribution in [3.8, 4) is 0 Å². The van der Waals surface area contributed by atoms with Crippen molar-refractivity contribution in [2.45, 2.75) is 68.3 Å². The molecule has 218 valence electrons. The molecule has 2 fully saturated rings. The number of amides is 2. The Morgan fingerprint density at radius 1 is 1.17 bits per heavy atom. The minimum Gasteiger partial charge on any atom is -0.465 e. The minimum absolute atomic E-state index is 0.0516. The van der Waals surface area contributed by atoms with Crippen molar-refractivity contribution >= 4 is 40.6 Å². The molecule has 7 atom stereocenters. The second kappa shape index (κ2) is 11.2. The molecule has 2 aromatic rings. The lowest BCUT2D eigenvalue weighted by Gasteiger charge is -2.40. The van der Waals surface area contributed by atoms with Crippen molar-refractivity contribution < 1.29 is 24.2 Å². The SMILES string of the molecule is CC[C@H](C)[C@H](CO)N1C(=O)[C@@H]2[C@@H]3C(=O)OCCCC/C=C\[C@@H]3S[C@@]23C=CCN(Cn2nnc4ccccc42)C(=O)C13. The van der Waals surface area contributed by atoms with Crippen LogP contribution in [0.1, 0.15) is 39.5 Å². The summed E-state index contributed by atoms with van der Waals surface area (Å²) in [6.45, 7) is 4.53. The molecule has 4 aliphatic rings. The number of rotatable bonds is 6. The zero-order valence-electron chi connectivity index (χ0n) is 23.5. The van der Waals surface area contributed by atoms with E-state index in [1.54, 1.807) is 14.5 Å². The topological polar surface area (TPSA) is 118 Å². The van der Waals surface area contributed by atoms with Crippen LogP contribution < -0.4 is 0 Å². The molecule has 5 heterocycles. The smallest absolute Gasteiger partial charge is 0.311 e. The predicted molar refractivity (Wildman–Crippen MR) is 154 cm³/mol. The summed E-state index contributed by atoms with van der Waals surface area (Å²) < 4.78 is 6.42. The third-order valence-corrected chi connectivity index (χ3v) is 10.9. The van der Waals surface area contributed by atoms with Gasteiger partial charge in [0.25, 0.3) is 0 Å². The molecule has 1 aromatic heterocycles. The highest BCUT2D eigenvalue weighted by Gasteiger charge is 2.71. The molecule has 2 saturated heterocycles. The molecule has 11 heteroatoms. The van der Waals surface area contributed by atoms with Gasteiger partial charge in [-0.05, 0) is 37.3 Å². The number of ether oxygens (including phenoxy) is 1. The van der Waals surface area contributed by atoms with E-state index in [2.05, 4.69) is 16.4 Å². The second-order valence-electron chi connectivity index (χ2n) is 11.5. The number of fused-ring (bicyclic) bond motifs is 3. The van der Waals surface area contributed by atoms with E-state index in [9.17, 15) is 19.5 Å². The number of carbonyl (C=O) groups is 3. The Morgan fingerprint density at radius 3 is 2.80 bits per heavy atom. The fourth-order valence-electron chi connectivity index (χ4n) is 6.88. The predicted octanol–water partition coefficient (Wildman–Crippen LogP) is 2.77. The summed E-state index contributed by atoms with van der Waals surface area (Å²) in [6.07, 6.45) is 11.3. The van der Waals surface area contributed by atoms with Crippen molar-refractivity contribution in [2.75, 3.05) is 19.8 Å². The highest BCUT2D eigenvalue weighted by Crippen LogP contribution is 2.61. The molecule has 1 N–H and O–H groups in total. The second-order valence-corrected chi connectivity index (χ2v) is 13.0. The van der Waals surface area contributed by atoms with Crippen LogP contribution in [-0.4, -0.2) is 89.5 Å². The van der Waals surface area contributed by atoms with Gasteiger partial charge in [-0.15, -0.1) is 16.9 Å². The number of hydrogen-bond donors (Lipinski definition) is 1. The number of aliphatic hydroxyl groups is 1. The molecule has 0 radical (unpaired) electrons. The summed E-state index contributed by atoms with van der Waals surface area (Å²) in [7, 11) is 0. The lowest BCUT2D eigenvalue weighted by Crippen LogP contribution is -2.58. The molecule has 0 bridgehead atoms. The molecule has 2 amide bonds. The maximum Gasteiger partial charge on any atom is 0.311 e. The number of para-hydroxylation sites is 1. The Hall–Kier alpha value is -3.18. The first-order valence-electron chi connectivity index (χ1n) is 14.6. The number of hydrogen-bond acceptors (Lipinski definition) is 8. The zero-order chi connectivity index (χ0) is 28.7. The summed E-state index contributed by atoms with van der Waals surface area (Å²) in [6, 6.07) is 6.13. The van der Waals surface area contributed by atoms with E-state index in [4.69, 9.17) is 4.74 Å². The maximum absolute atomic E-state index is 14.6. The molecule has 6 rings (SSSR count). The molecular formula is C30H37N5O5S. The molecule has 10 nitrogen and oxygen atoms in total. The fourth-order valence-corrected chi connectivity index (χ4v) is 8.87. The molecule has 1 unspecified atom stereocenters. The molecule has 1 aromatic carbocycles. The zero-order valence-corrected chi connectivity index (χ0v) is 24.3. The van der Waals surface area contributed by atoms with Crippen molar-refractivity contribution in [1.29, 1.82) is 0 Å². The molecular weight excluding hydrogens is 542 g/mol. The third-order valence-electron chi connectivity index (χ3n) is 9.19. The number of cyclic esters (lactones) is 1. The van der Waals surface area contributed by atoms with Crippen molar-refractivity contribution in [3.05, 3.63) is 48.6 Å². The van der Waals surface area contributed by atoms with Crippen LogP contribution in [0.4, 0.5) is 0 Å². The Bertz CT molecular complexity index is 1390. The van der Waals surface area contributed by atoms with Crippen LogP contribution in [0, 0.1) is 17.8 Å².